The highest BCUT2D eigenvalue weighted by atomic mass is 16.5. The summed E-state index contributed by atoms with van der Waals surface area (Å²) in [6, 6.07) is 0. The molecule has 0 saturated heterocycles. The smallest absolute Gasteiger partial charge is 0.0838 e. The molecule has 1 aliphatic rings. The lowest BCUT2D eigenvalue weighted by Gasteiger charge is -2.25. The van der Waals surface area contributed by atoms with Gasteiger partial charge in [0.1, 0.15) is 0 Å². The fourth-order valence-corrected chi connectivity index (χ4v) is 1.55. The van der Waals surface area contributed by atoms with Gasteiger partial charge in [-0.25, -0.2) is 0 Å². The Morgan fingerprint density at radius 3 is 3.07 bits per heavy atom. The fourth-order valence-electron chi connectivity index (χ4n) is 1.55. The van der Waals surface area contributed by atoms with E-state index in [0.29, 0.717) is 6.10 Å². The highest BCUT2D eigenvalue weighted by Gasteiger charge is 2.17. The van der Waals surface area contributed by atoms with Gasteiger partial charge in [-0.2, -0.15) is 0 Å². The minimum Gasteiger partial charge on any atom is -0.371 e. The molecule has 1 N–H and O–H groups in total. The third kappa shape index (κ3) is 3.28. The van der Waals surface area contributed by atoms with E-state index in [1.807, 2.05) is 7.05 Å². The maximum Gasteiger partial charge on any atom is 0.0838 e. The Labute approximate surface area is 87.0 Å². The van der Waals surface area contributed by atoms with Gasteiger partial charge in [-0.3, -0.25) is 0 Å². The van der Waals surface area contributed by atoms with Crippen LogP contribution in [0, 0.1) is 0 Å². The van der Waals surface area contributed by atoms with Crippen molar-refractivity contribution in [1.82, 2.24) is 5.32 Å². The Morgan fingerprint density at radius 2 is 2.43 bits per heavy atom. The maximum atomic E-state index is 5.95. The second kappa shape index (κ2) is 5.99. The quantitative estimate of drug-likeness (QED) is 0.726. The highest BCUT2D eigenvalue weighted by molar-refractivity contribution is 5.23. The van der Waals surface area contributed by atoms with E-state index in [2.05, 4.69) is 37.4 Å². The number of allylic oxidation sites excluding steroid dienone is 2. The molecule has 0 spiro atoms. The van der Waals surface area contributed by atoms with Gasteiger partial charge in [-0.15, -0.1) is 0 Å². The van der Waals surface area contributed by atoms with Gasteiger partial charge >= 0.3 is 0 Å². The van der Waals surface area contributed by atoms with E-state index >= 15 is 0 Å². The molecule has 0 aliphatic heterocycles. The molecule has 80 valence electrons. The average molecular weight is 195 g/mol. The summed E-state index contributed by atoms with van der Waals surface area (Å²) in [6.07, 6.45) is 9.17. The number of likely N-dealkylation sites (N-methyl/N-ethyl adjacent to an activating group) is 1. The molecule has 2 atom stereocenters. The summed E-state index contributed by atoms with van der Waals surface area (Å²) in [5.41, 5.74) is 1.36. The van der Waals surface area contributed by atoms with E-state index in [-0.39, 0.29) is 6.10 Å². The van der Waals surface area contributed by atoms with Crippen LogP contribution in [0.3, 0.4) is 0 Å². The zero-order valence-electron chi connectivity index (χ0n) is 9.42. The van der Waals surface area contributed by atoms with E-state index in [9.17, 15) is 0 Å². The number of nitrogens with one attached hydrogen (secondary N) is 1. The first-order valence-electron chi connectivity index (χ1n) is 5.43. The molecule has 1 aliphatic carbocycles. The van der Waals surface area contributed by atoms with Crippen molar-refractivity contribution in [2.24, 2.45) is 0 Å². The molecule has 1 rings (SSSR count). The summed E-state index contributed by atoms with van der Waals surface area (Å²) in [7, 11) is 1.97. The molecular formula is C12H21NO. The van der Waals surface area contributed by atoms with Crippen molar-refractivity contribution < 1.29 is 4.74 Å². The van der Waals surface area contributed by atoms with E-state index in [1.165, 1.54) is 5.57 Å². The standard InChI is InChI=1S/C12H21NO/c1-4-10(2)14-12-8-6-5-7-11(12)9-13-3/h5-7,10,12-13H,4,8-9H2,1-3H3. The zero-order chi connectivity index (χ0) is 10.4. The van der Waals surface area contributed by atoms with Gasteiger partial charge < -0.3 is 10.1 Å². The van der Waals surface area contributed by atoms with E-state index < -0.39 is 0 Å². The summed E-state index contributed by atoms with van der Waals surface area (Å²) < 4.78 is 5.95. The second-order valence-corrected chi connectivity index (χ2v) is 3.78. The van der Waals surface area contributed by atoms with Gasteiger partial charge in [-0.05, 0) is 32.4 Å². The zero-order valence-corrected chi connectivity index (χ0v) is 9.42. The lowest BCUT2D eigenvalue weighted by atomic mass is 10.0. The molecule has 0 radical (unpaired) electrons. The van der Waals surface area contributed by atoms with Crippen LogP contribution >= 0.6 is 0 Å². The van der Waals surface area contributed by atoms with Crippen LogP contribution in [0.4, 0.5) is 0 Å². The van der Waals surface area contributed by atoms with Crippen molar-refractivity contribution in [2.45, 2.75) is 38.9 Å². The van der Waals surface area contributed by atoms with Crippen molar-refractivity contribution in [3.63, 3.8) is 0 Å². The minimum absolute atomic E-state index is 0.280. The SMILES string of the molecule is CCC(C)OC1CC=CC=C1CNC. The molecule has 2 heteroatoms. The maximum absolute atomic E-state index is 5.95. The van der Waals surface area contributed by atoms with Crippen molar-refractivity contribution in [3.05, 3.63) is 23.8 Å². The van der Waals surface area contributed by atoms with E-state index in [1.54, 1.807) is 0 Å². The predicted molar refractivity (Wildman–Crippen MR) is 60.4 cm³/mol. The van der Waals surface area contributed by atoms with Crippen molar-refractivity contribution in [2.75, 3.05) is 13.6 Å². The first-order chi connectivity index (χ1) is 6.77. The number of hydrogen-bond donors (Lipinski definition) is 1. The molecule has 0 heterocycles. The predicted octanol–water partition coefficient (Wildman–Crippen LogP) is 2.28. The highest BCUT2D eigenvalue weighted by Crippen LogP contribution is 2.18. The molecule has 0 bridgehead atoms. The van der Waals surface area contributed by atoms with Crippen LogP contribution < -0.4 is 5.32 Å². The number of ether oxygens (including phenoxy) is 1. The van der Waals surface area contributed by atoms with Crippen LogP contribution in [-0.2, 0) is 4.74 Å². The molecule has 0 fully saturated rings. The van der Waals surface area contributed by atoms with Crippen molar-refractivity contribution in [3.8, 4) is 0 Å². The largest absolute Gasteiger partial charge is 0.371 e. The Hall–Kier alpha value is -0.600. The van der Waals surface area contributed by atoms with Gasteiger partial charge in [0.2, 0.25) is 0 Å². The van der Waals surface area contributed by atoms with Crippen LogP contribution in [0.5, 0.6) is 0 Å². The Morgan fingerprint density at radius 1 is 1.64 bits per heavy atom. The van der Waals surface area contributed by atoms with Crippen LogP contribution in [0.15, 0.2) is 23.8 Å². The van der Waals surface area contributed by atoms with Gasteiger partial charge in [0.15, 0.2) is 0 Å². The van der Waals surface area contributed by atoms with Gasteiger partial charge in [0.25, 0.3) is 0 Å². The summed E-state index contributed by atoms with van der Waals surface area (Å²) >= 11 is 0. The molecular weight excluding hydrogens is 174 g/mol. The molecule has 14 heavy (non-hydrogen) atoms. The molecule has 0 saturated carbocycles. The third-order valence-electron chi connectivity index (χ3n) is 2.56. The van der Waals surface area contributed by atoms with Crippen molar-refractivity contribution in [1.29, 1.82) is 0 Å². The van der Waals surface area contributed by atoms with Gasteiger partial charge in [0, 0.05) is 6.54 Å². The summed E-state index contributed by atoms with van der Waals surface area (Å²) in [6.45, 7) is 5.21. The molecule has 0 aromatic rings. The normalized spacial score (nSPS) is 23.4. The van der Waals surface area contributed by atoms with E-state index in [0.717, 1.165) is 19.4 Å². The average Bonchev–Trinajstić information content (AvgIpc) is 2.21. The molecule has 2 nitrogen and oxygen atoms in total. The number of rotatable bonds is 5. The summed E-state index contributed by atoms with van der Waals surface area (Å²) in [5, 5.41) is 3.18. The minimum atomic E-state index is 0.280. The monoisotopic (exact) mass is 195 g/mol. The van der Waals surface area contributed by atoms with E-state index in [4.69, 9.17) is 4.74 Å². The molecule has 2 unspecified atom stereocenters. The molecule has 0 aromatic carbocycles. The van der Waals surface area contributed by atoms with Crippen molar-refractivity contribution >= 4 is 0 Å². The lowest BCUT2D eigenvalue weighted by Crippen LogP contribution is -2.27. The number of hydrogen-bond acceptors (Lipinski definition) is 2. The topological polar surface area (TPSA) is 21.3 Å². The van der Waals surface area contributed by atoms with Crippen LogP contribution in [-0.4, -0.2) is 25.8 Å². The summed E-state index contributed by atoms with van der Waals surface area (Å²) in [4.78, 5) is 0. The van der Waals surface area contributed by atoms with Crippen LogP contribution in [0.1, 0.15) is 26.7 Å². The molecule has 0 aromatic heterocycles. The summed E-state index contributed by atoms with van der Waals surface area (Å²) in [5.74, 6) is 0. The molecule has 0 amide bonds. The first kappa shape index (κ1) is 11.5. The Kier molecular flexibility index (Phi) is 4.91. The first-order valence-corrected chi connectivity index (χ1v) is 5.43. The van der Waals surface area contributed by atoms with Gasteiger partial charge in [0.05, 0.1) is 12.2 Å². The Bertz CT molecular complexity index is 220. The second-order valence-electron chi connectivity index (χ2n) is 3.78. The third-order valence-corrected chi connectivity index (χ3v) is 2.56. The fraction of sp³-hybridized carbons (Fsp3) is 0.667. The van der Waals surface area contributed by atoms with Crippen LogP contribution in [0.25, 0.3) is 0 Å². The van der Waals surface area contributed by atoms with Gasteiger partial charge in [-0.1, -0.05) is 25.2 Å². The lowest BCUT2D eigenvalue weighted by molar-refractivity contribution is 0.0165. The Balaban J connectivity index is 2.50. The van der Waals surface area contributed by atoms with Crippen LogP contribution in [0.2, 0.25) is 0 Å².